The SMILES string of the molecule is Cc1nc(NC(=O)CCCO)n[nH]1. The fourth-order valence-electron chi connectivity index (χ4n) is 0.825. The van der Waals surface area contributed by atoms with Gasteiger partial charge in [-0.15, -0.1) is 5.10 Å². The summed E-state index contributed by atoms with van der Waals surface area (Å²) in [6.07, 6.45) is 0.735. The number of H-pyrrole nitrogens is 1. The summed E-state index contributed by atoms with van der Waals surface area (Å²) in [4.78, 5) is 15.0. The Morgan fingerprint density at radius 1 is 1.69 bits per heavy atom. The minimum atomic E-state index is -0.187. The highest BCUT2D eigenvalue weighted by Crippen LogP contribution is 1.98. The van der Waals surface area contributed by atoms with Crippen LogP contribution in [0.5, 0.6) is 0 Å². The van der Waals surface area contributed by atoms with Crippen LogP contribution in [0.25, 0.3) is 0 Å². The van der Waals surface area contributed by atoms with E-state index in [0.717, 1.165) is 0 Å². The van der Waals surface area contributed by atoms with Crippen LogP contribution in [0.3, 0.4) is 0 Å². The smallest absolute Gasteiger partial charge is 0.248 e. The van der Waals surface area contributed by atoms with Crippen molar-refractivity contribution >= 4 is 11.9 Å². The number of aliphatic hydroxyl groups excluding tert-OH is 1. The van der Waals surface area contributed by atoms with Crippen LogP contribution in [0.4, 0.5) is 5.95 Å². The van der Waals surface area contributed by atoms with Gasteiger partial charge in [-0.2, -0.15) is 4.98 Å². The number of nitrogens with one attached hydrogen (secondary N) is 2. The van der Waals surface area contributed by atoms with Crippen molar-refractivity contribution in [3.8, 4) is 0 Å². The molecule has 1 aromatic rings. The third kappa shape index (κ3) is 3.20. The van der Waals surface area contributed by atoms with E-state index in [2.05, 4.69) is 20.5 Å². The molecule has 3 N–H and O–H groups in total. The van der Waals surface area contributed by atoms with E-state index < -0.39 is 0 Å². The Bertz CT molecular complexity index is 284. The maximum Gasteiger partial charge on any atom is 0.248 e. The number of rotatable bonds is 4. The number of hydrogen-bond acceptors (Lipinski definition) is 4. The van der Waals surface area contributed by atoms with E-state index in [0.29, 0.717) is 12.2 Å². The van der Waals surface area contributed by atoms with Crippen LogP contribution >= 0.6 is 0 Å². The van der Waals surface area contributed by atoms with Crippen molar-refractivity contribution in [3.05, 3.63) is 5.82 Å². The third-order valence-electron chi connectivity index (χ3n) is 1.41. The molecule has 0 saturated heterocycles. The fraction of sp³-hybridized carbons (Fsp3) is 0.571. The second kappa shape index (κ2) is 4.56. The van der Waals surface area contributed by atoms with Gasteiger partial charge in [0.2, 0.25) is 11.9 Å². The van der Waals surface area contributed by atoms with E-state index in [1.165, 1.54) is 0 Å². The summed E-state index contributed by atoms with van der Waals surface area (Å²) in [5.41, 5.74) is 0. The Hall–Kier alpha value is -1.43. The molecule has 6 heteroatoms. The molecule has 1 aromatic heterocycles. The van der Waals surface area contributed by atoms with Gasteiger partial charge in [-0.3, -0.25) is 15.2 Å². The minimum absolute atomic E-state index is 0.0143. The molecule has 0 aliphatic carbocycles. The molecular formula is C7H12N4O2. The topological polar surface area (TPSA) is 90.9 Å². The van der Waals surface area contributed by atoms with Crippen LogP contribution in [0.1, 0.15) is 18.7 Å². The lowest BCUT2D eigenvalue weighted by atomic mass is 10.3. The van der Waals surface area contributed by atoms with Gasteiger partial charge in [-0.05, 0) is 13.3 Å². The molecule has 0 unspecified atom stereocenters. The molecule has 1 heterocycles. The Balaban J connectivity index is 2.36. The molecule has 0 aliphatic rings. The number of carbonyl (C=O) groups is 1. The van der Waals surface area contributed by atoms with Gasteiger partial charge < -0.3 is 5.11 Å². The molecule has 0 spiro atoms. The van der Waals surface area contributed by atoms with Crippen LogP contribution in [-0.2, 0) is 4.79 Å². The lowest BCUT2D eigenvalue weighted by Gasteiger charge is -1.97. The van der Waals surface area contributed by atoms with E-state index in [1.54, 1.807) is 6.92 Å². The second-order valence-electron chi connectivity index (χ2n) is 2.62. The summed E-state index contributed by atoms with van der Waals surface area (Å²) in [6, 6.07) is 0. The van der Waals surface area contributed by atoms with Gasteiger partial charge in [-0.25, -0.2) is 0 Å². The van der Waals surface area contributed by atoms with Crippen LogP contribution in [0, 0.1) is 6.92 Å². The van der Waals surface area contributed by atoms with Crippen LogP contribution in [0.15, 0.2) is 0 Å². The number of nitrogens with zero attached hydrogens (tertiary/aromatic N) is 2. The second-order valence-corrected chi connectivity index (χ2v) is 2.62. The van der Waals surface area contributed by atoms with Crippen molar-refractivity contribution in [2.75, 3.05) is 11.9 Å². The first-order valence-electron chi connectivity index (χ1n) is 4.02. The molecule has 0 bridgehead atoms. The summed E-state index contributed by atoms with van der Waals surface area (Å²) < 4.78 is 0. The molecule has 0 aromatic carbocycles. The highest BCUT2D eigenvalue weighted by Gasteiger charge is 2.04. The molecular weight excluding hydrogens is 172 g/mol. The molecule has 0 aliphatic heterocycles. The molecule has 13 heavy (non-hydrogen) atoms. The van der Waals surface area contributed by atoms with Crippen LogP contribution in [0.2, 0.25) is 0 Å². The van der Waals surface area contributed by atoms with Gasteiger partial charge in [0.15, 0.2) is 0 Å². The highest BCUT2D eigenvalue weighted by atomic mass is 16.3. The van der Waals surface area contributed by atoms with E-state index in [9.17, 15) is 4.79 Å². The Morgan fingerprint density at radius 2 is 2.46 bits per heavy atom. The lowest BCUT2D eigenvalue weighted by Crippen LogP contribution is -2.12. The number of hydrogen-bond donors (Lipinski definition) is 3. The van der Waals surface area contributed by atoms with Crippen molar-refractivity contribution in [3.63, 3.8) is 0 Å². The third-order valence-corrected chi connectivity index (χ3v) is 1.41. The Kier molecular flexibility index (Phi) is 3.39. The van der Waals surface area contributed by atoms with E-state index >= 15 is 0 Å². The van der Waals surface area contributed by atoms with Crippen molar-refractivity contribution in [1.29, 1.82) is 0 Å². The molecule has 6 nitrogen and oxygen atoms in total. The maximum atomic E-state index is 11.1. The number of aromatic nitrogens is 3. The summed E-state index contributed by atoms with van der Waals surface area (Å²) in [7, 11) is 0. The lowest BCUT2D eigenvalue weighted by molar-refractivity contribution is -0.116. The first-order valence-corrected chi connectivity index (χ1v) is 4.02. The molecule has 0 atom stereocenters. The van der Waals surface area contributed by atoms with Gasteiger partial charge in [-0.1, -0.05) is 0 Å². The molecule has 0 radical (unpaired) electrons. The summed E-state index contributed by atoms with van der Waals surface area (Å²) >= 11 is 0. The quantitative estimate of drug-likeness (QED) is 0.605. The van der Waals surface area contributed by atoms with Crippen LogP contribution in [-0.4, -0.2) is 32.8 Å². The highest BCUT2D eigenvalue weighted by molar-refractivity contribution is 5.88. The zero-order valence-corrected chi connectivity index (χ0v) is 7.37. The Labute approximate surface area is 75.4 Å². The monoisotopic (exact) mass is 184 g/mol. The first kappa shape index (κ1) is 9.66. The standard InChI is InChI=1S/C7H12N4O2/c1-5-8-7(11-10-5)9-6(13)3-2-4-12/h12H,2-4H2,1H3,(H2,8,9,10,11,13). The summed E-state index contributed by atoms with van der Waals surface area (Å²) in [5, 5.41) is 17.3. The van der Waals surface area contributed by atoms with Gasteiger partial charge in [0.05, 0.1) is 0 Å². The fourth-order valence-corrected chi connectivity index (χ4v) is 0.825. The molecule has 72 valence electrons. The Morgan fingerprint density at radius 3 is 3.00 bits per heavy atom. The minimum Gasteiger partial charge on any atom is -0.396 e. The summed E-state index contributed by atoms with van der Waals surface area (Å²) in [6.45, 7) is 1.76. The molecule has 0 fully saturated rings. The number of aromatic amines is 1. The van der Waals surface area contributed by atoms with E-state index in [1.807, 2.05) is 0 Å². The van der Waals surface area contributed by atoms with Gasteiger partial charge in [0.1, 0.15) is 5.82 Å². The largest absolute Gasteiger partial charge is 0.396 e. The predicted molar refractivity (Wildman–Crippen MR) is 46.1 cm³/mol. The number of anilines is 1. The molecule has 1 amide bonds. The van der Waals surface area contributed by atoms with Crippen molar-refractivity contribution in [1.82, 2.24) is 15.2 Å². The van der Waals surface area contributed by atoms with Crippen molar-refractivity contribution < 1.29 is 9.90 Å². The normalized spacial score (nSPS) is 10.0. The van der Waals surface area contributed by atoms with Gasteiger partial charge in [0, 0.05) is 13.0 Å². The predicted octanol–water partition coefficient (Wildman–Crippen LogP) is -0.176. The number of aryl methyl sites for hydroxylation is 1. The van der Waals surface area contributed by atoms with Gasteiger partial charge >= 0.3 is 0 Å². The molecule has 1 rings (SSSR count). The average molecular weight is 184 g/mol. The number of amides is 1. The molecule has 0 saturated carbocycles. The van der Waals surface area contributed by atoms with E-state index in [-0.39, 0.29) is 24.9 Å². The van der Waals surface area contributed by atoms with Crippen molar-refractivity contribution in [2.45, 2.75) is 19.8 Å². The van der Waals surface area contributed by atoms with Crippen molar-refractivity contribution in [2.24, 2.45) is 0 Å². The average Bonchev–Trinajstić information content (AvgIpc) is 2.48. The summed E-state index contributed by atoms with van der Waals surface area (Å²) in [5.74, 6) is 0.742. The maximum absolute atomic E-state index is 11.1. The zero-order chi connectivity index (χ0) is 9.68. The number of aliphatic hydroxyl groups is 1. The first-order chi connectivity index (χ1) is 6.22. The van der Waals surface area contributed by atoms with Gasteiger partial charge in [0.25, 0.3) is 0 Å². The van der Waals surface area contributed by atoms with Crippen LogP contribution < -0.4 is 5.32 Å². The number of carbonyl (C=O) groups excluding carboxylic acids is 1. The zero-order valence-electron chi connectivity index (χ0n) is 7.37. The van der Waals surface area contributed by atoms with E-state index in [4.69, 9.17) is 5.11 Å².